The Balaban J connectivity index is 3.20. The van der Waals surface area contributed by atoms with Crippen LogP contribution >= 0.6 is 0 Å². The van der Waals surface area contributed by atoms with E-state index in [-0.39, 0.29) is 67.7 Å². The van der Waals surface area contributed by atoms with E-state index in [0.29, 0.717) is 5.56 Å². The summed E-state index contributed by atoms with van der Waals surface area (Å²) >= 11 is 0. The van der Waals surface area contributed by atoms with Crippen molar-refractivity contribution in [3.8, 4) is 11.5 Å². The van der Waals surface area contributed by atoms with E-state index in [1.807, 2.05) is 41.5 Å². The summed E-state index contributed by atoms with van der Waals surface area (Å²) in [5.41, 5.74) is 5.38. The van der Waals surface area contributed by atoms with Gasteiger partial charge in [0.25, 0.3) is 0 Å². The number of rotatable bonds is 15. The van der Waals surface area contributed by atoms with Crippen LogP contribution < -0.4 is 15.2 Å². The lowest BCUT2D eigenvalue weighted by atomic mass is 9.86. The van der Waals surface area contributed by atoms with Gasteiger partial charge < -0.3 is 34.2 Å². The molecule has 0 bridgehead atoms. The van der Waals surface area contributed by atoms with Gasteiger partial charge >= 0.3 is 24.2 Å². The van der Waals surface area contributed by atoms with Gasteiger partial charge in [-0.25, -0.2) is 9.59 Å². The average Bonchev–Trinajstić information content (AvgIpc) is 2.86. The van der Waals surface area contributed by atoms with Gasteiger partial charge in [-0.3, -0.25) is 9.59 Å². The molecule has 2 N–H and O–H groups in total. The third-order valence-electron chi connectivity index (χ3n) is 5.77. The molecule has 40 heavy (non-hydrogen) atoms. The number of ether oxygens (including phenoxy) is 6. The summed E-state index contributed by atoms with van der Waals surface area (Å²) in [6.45, 7) is 13.3. The molecule has 0 saturated heterocycles. The molecule has 1 rings (SSSR count). The zero-order valence-electron chi connectivity index (χ0n) is 24.9. The first-order valence-electron chi connectivity index (χ1n) is 13.6. The van der Waals surface area contributed by atoms with Crippen molar-refractivity contribution >= 4 is 24.2 Å². The van der Waals surface area contributed by atoms with Crippen molar-refractivity contribution < 1.29 is 47.6 Å². The van der Waals surface area contributed by atoms with Crippen LogP contribution in [0, 0.1) is 17.8 Å². The van der Waals surface area contributed by atoms with E-state index >= 15 is 0 Å². The molecule has 1 aromatic carbocycles. The number of esters is 2. The van der Waals surface area contributed by atoms with Crippen LogP contribution in [0.15, 0.2) is 18.2 Å². The number of hydrogen-bond acceptors (Lipinski definition) is 11. The van der Waals surface area contributed by atoms with Crippen molar-refractivity contribution in [3.05, 3.63) is 23.8 Å². The minimum Gasteiger partial charge on any atom is -0.468 e. The Bertz CT molecular complexity index is 993. The molecule has 11 heteroatoms. The summed E-state index contributed by atoms with van der Waals surface area (Å²) < 4.78 is 31.2. The van der Waals surface area contributed by atoms with Crippen LogP contribution in [-0.4, -0.2) is 56.2 Å². The molecular formula is C29H45NO10. The van der Waals surface area contributed by atoms with Crippen molar-refractivity contribution in [1.29, 1.82) is 0 Å². The molecule has 0 aliphatic rings. The fourth-order valence-electron chi connectivity index (χ4n) is 3.59. The second-order valence-electron chi connectivity index (χ2n) is 10.9. The highest BCUT2D eigenvalue weighted by atomic mass is 16.7. The van der Waals surface area contributed by atoms with Crippen LogP contribution in [0.4, 0.5) is 9.59 Å². The summed E-state index contributed by atoms with van der Waals surface area (Å²) in [7, 11) is 1.21. The molecule has 0 aliphatic carbocycles. The molecule has 0 aliphatic heterocycles. The zero-order valence-corrected chi connectivity index (χ0v) is 24.9. The van der Waals surface area contributed by atoms with Gasteiger partial charge in [-0.2, -0.15) is 0 Å². The van der Waals surface area contributed by atoms with E-state index in [1.165, 1.54) is 19.2 Å². The number of benzene rings is 1. The predicted octanol–water partition coefficient (Wildman–Crippen LogP) is 5.20. The highest BCUT2D eigenvalue weighted by molar-refractivity contribution is 5.81. The Morgan fingerprint density at radius 1 is 0.875 bits per heavy atom. The van der Waals surface area contributed by atoms with E-state index in [9.17, 15) is 19.2 Å². The van der Waals surface area contributed by atoms with Crippen molar-refractivity contribution in [2.45, 2.75) is 85.8 Å². The van der Waals surface area contributed by atoms with E-state index in [2.05, 4.69) is 0 Å². The maximum absolute atomic E-state index is 12.8. The largest absolute Gasteiger partial charge is 0.513 e. The molecule has 0 heterocycles. The summed E-state index contributed by atoms with van der Waals surface area (Å²) in [4.78, 5) is 49.5. The SMILES string of the molecule is CCC(C)CC(=O)OC(C)C[C@@](N)(Cc1ccc(OC(=O)OCC(C)C)c(OC(=O)OCC(C)C)c1)C(=O)OC. The van der Waals surface area contributed by atoms with Gasteiger partial charge in [0.05, 0.1) is 20.3 Å². The highest BCUT2D eigenvalue weighted by Gasteiger charge is 2.38. The maximum Gasteiger partial charge on any atom is 0.513 e. The van der Waals surface area contributed by atoms with E-state index < -0.39 is 29.9 Å². The quantitative estimate of drug-likeness (QED) is 0.169. The van der Waals surface area contributed by atoms with Crippen LogP contribution in [0.25, 0.3) is 0 Å². The number of nitrogens with two attached hydrogens (primary N) is 1. The first kappa shape index (κ1) is 34.7. The molecule has 226 valence electrons. The molecule has 2 unspecified atom stereocenters. The maximum atomic E-state index is 12.8. The lowest BCUT2D eigenvalue weighted by Crippen LogP contribution is -2.53. The van der Waals surface area contributed by atoms with Crippen LogP contribution in [0.5, 0.6) is 11.5 Å². The molecule has 3 atom stereocenters. The molecule has 0 radical (unpaired) electrons. The van der Waals surface area contributed by atoms with Crippen LogP contribution in [-0.2, 0) is 35.0 Å². The van der Waals surface area contributed by atoms with Gasteiger partial charge in [-0.05, 0) is 42.4 Å². The standard InChI is InChI=1S/C29H45NO10/c1-9-20(6)12-25(31)38-21(7)14-29(30,26(32)35-8)15-22-10-11-23(39-27(33)36-16-18(2)3)24(13-22)40-28(34)37-17-19(4)5/h10-11,13,18-21H,9,12,14-17,30H2,1-8H3/t20?,21?,29-/m1/s1. The van der Waals surface area contributed by atoms with Crippen molar-refractivity contribution in [1.82, 2.24) is 0 Å². The summed E-state index contributed by atoms with van der Waals surface area (Å²) in [5, 5.41) is 0. The summed E-state index contributed by atoms with van der Waals surface area (Å²) in [6.07, 6.45) is -1.67. The van der Waals surface area contributed by atoms with Crippen molar-refractivity contribution in [2.24, 2.45) is 23.5 Å². The van der Waals surface area contributed by atoms with Crippen molar-refractivity contribution in [3.63, 3.8) is 0 Å². The first-order chi connectivity index (χ1) is 18.7. The lowest BCUT2D eigenvalue weighted by molar-refractivity contribution is -0.155. The minimum atomic E-state index is -1.58. The third-order valence-corrected chi connectivity index (χ3v) is 5.77. The summed E-state index contributed by atoms with van der Waals surface area (Å²) in [5.74, 6) is -0.995. The van der Waals surface area contributed by atoms with Gasteiger partial charge in [-0.1, -0.05) is 54.0 Å². The van der Waals surface area contributed by atoms with Gasteiger partial charge in [-0.15, -0.1) is 0 Å². The minimum absolute atomic E-state index is 0.0294. The Kier molecular flexibility index (Phi) is 14.5. The lowest BCUT2D eigenvalue weighted by Gasteiger charge is -2.29. The number of methoxy groups -OCH3 is 1. The number of carbonyl (C=O) groups excluding carboxylic acids is 4. The fourth-order valence-corrected chi connectivity index (χ4v) is 3.59. The Hall–Kier alpha value is -3.34. The van der Waals surface area contributed by atoms with Gasteiger partial charge in [0.15, 0.2) is 11.5 Å². The Morgan fingerprint density at radius 3 is 1.93 bits per heavy atom. The monoisotopic (exact) mass is 567 g/mol. The topological polar surface area (TPSA) is 150 Å². The molecule has 0 fully saturated rings. The third kappa shape index (κ3) is 12.7. The van der Waals surface area contributed by atoms with Gasteiger partial charge in [0, 0.05) is 19.3 Å². The second kappa shape index (κ2) is 16.7. The van der Waals surface area contributed by atoms with Gasteiger partial charge in [0.2, 0.25) is 0 Å². The van der Waals surface area contributed by atoms with Gasteiger partial charge in [0.1, 0.15) is 11.6 Å². The van der Waals surface area contributed by atoms with E-state index in [1.54, 1.807) is 13.0 Å². The fraction of sp³-hybridized carbons (Fsp3) is 0.655. The number of carbonyl (C=O) groups is 4. The summed E-state index contributed by atoms with van der Waals surface area (Å²) in [6, 6.07) is 4.36. The average molecular weight is 568 g/mol. The molecule has 0 saturated carbocycles. The van der Waals surface area contributed by atoms with E-state index in [4.69, 9.17) is 34.2 Å². The Morgan fingerprint density at radius 2 is 1.43 bits per heavy atom. The predicted molar refractivity (Wildman–Crippen MR) is 147 cm³/mol. The van der Waals surface area contributed by atoms with Crippen LogP contribution in [0.1, 0.15) is 73.3 Å². The highest BCUT2D eigenvalue weighted by Crippen LogP contribution is 2.32. The molecule has 0 spiro atoms. The normalized spacial score (nSPS) is 14.1. The molecule has 11 nitrogen and oxygen atoms in total. The number of hydrogen-bond donors (Lipinski definition) is 1. The van der Waals surface area contributed by atoms with Crippen LogP contribution in [0.3, 0.4) is 0 Å². The van der Waals surface area contributed by atoms with Crippen LogP contribution in [0.2, 0.25) is 0 Å². The van der Waals surface area contributed by atoms with Crippen molar-refractivity contribution in [2.75, 3.05) is 20.3 Å². The van der Waals surface area contributed by atoms with E-state index in [0.717, 1.165) is 6.42 Å². The first-order valence-corrected chi connectivity index (χ1v) is 13.6. The molecule has 0 amide bonds. The molecular weight excluding hydrogens is 522 g/mol. The molecule has 1 aromatic rings. The smallest absolute Gasteiger partial charge is 0.468 e. The zero-order chi connectivity index (χ0) is 30.5. The molecule has 0 aromatic heterocycles. The second-order valence-corrected chi connectivity index (χ2v) is 10.9. The Labute approximate surface area is 236 Å².